The Balaban J connectivity index is 0.000000521. The minimum atomic E-state index is -4.74. The van der Waals surface area contributed by atoms with Gasteiger partial charge in [-0.1, -0.05) is 48.9 Å². The highest BCUT2D eigenvalue weighted by molar-refractivity contribution is 7.22. The number of benzene rings is 2. The van der Waals surface area contributed by atoms with Crippen LogP contribution in [-0.2, 0) is 4.79 Å². The van der Waals surface area contributed by atoms with E-state index in [9.17, 15) is 22.4 Å². The molecule has 3 N–H and O–H groups in total. The first-order chi connectivity index (χ1) is 17.5. The Hall–Kier alpha value is -3.16. The zero-order valence-corrected chi connectivity index (χ0v) is 22.0. The van der Waals surface area contributed by atoms with Crippen molar-refractivity contribution in [3.63, 3.8) is 0 Å². The molecule has 0 fully saturated rings. The number of hydrogen-bond donors (Lipinski definition) is 3. The maximum absolute atomic E-state index is 13.2. The Bertz CT molecular complexity index is 1200. The van der Waals surface area contributed by atoms with E-state index in [2.05, 4.69) is 26.7 Å². The number of carbonyl (C=O) groups is 1. The first-order valence-corrected chi connectivity index (χ1v) is 12.1. The van der Waals surface area contributed by atoms with Crippen molar-refractivity contribution in [1.82, 2.24) is 5.32 Å². The molecule has 2 atom stereocenters. The van der Waals surface area contributed by atoms with E-state index in [4.69, 9.17) is 21.7 Å². The van der Waals surface area contributed by atoms with E-state index in [1.807, 2.05) is 19.1 Å². The van der Waals surface area contributed by atoms with Gasteiger partial charge in [0.05, 0.1) is 5.02 Å². The fourth-order valence-electron chi connectivity index (χ4n) is 3.14. The molecule has 3 rings (SSSR count). The summed E-state index contributed by atoms with van der Waals surface area (Å²) in [7, 11) is 3.61. The van der Waals surface area contributed by atoms with Crippen LogP contribution in [0.5, 0.6) is 5.75 Å². The normalized spacial score (nSPS) is 13.7. The Morgan fingerprint density at radius 1 is 1.22 bits per heavy atom. The Labute approximate surface area is 220 Å². The summed E-state index contributed by atoms with van der Waals surface area (Å²) in [5.41, 5.74) is 3.20. The van der Waals surface area contributed by atoms with Gasteiger partial charge in [-0.2, -0.15) is 13.2 Å². The van der Waals surface area contributed by atoms with Crippen LogP contribution in [0.15, 0.2) is 71.7 Å². The fraction of sp³-hybridized carbons (Fsp3) is 0.231. The molecule has 0 saturated carbocycles. The van der Waals surface area contributed by atoms with Crippen LogP contribution < -0.4 is 15.4 Å². The maximum Gasteiger partial charge on any atom is 0.471 e. The highest BCUT2D eigenvalue weighted by atomic mass is 35.5. The van der Waals surface area contributed by atoms with Crippen molar-refractivity contribution in [2.45, 2.75) is 32.0 Å². The number of anilines is 1. The van der Waals surface area contributed by atoms with Crippen molar-refractivity contribution in [3.8, 4) is 5.75 Å². The molecule has 1 unspecified atom stereocenters. The van der Waals surface area contributed by atoms with Crippen LogP contribution in [0.3, 0.4) is 0 Å². The van der Waals surface area contributed by atoms with Crippen LogP contribution in [0.1, 0.15) is 37.0 Å². The number of halogens is 5. The van der Waals surface area contributed by atoms with Crippen LogP contribution in [0.4, 0.5) is 23.2 Å². The molecule has 1 amide bonds. The smallest absolute Gasteiger partial charge is 0.471 e. The molecule has 0 aromatic heterocycles. The van der Waals surface area contributed by atoms with Gasteiger partial charge in [-0.15, -0.1) is 9.24 Å². The summed E-state index contributed by atoms with van der Waals surface area (Å²) in [4.78, 5) is 9.60. The molecule has 198 valence electrons. The molecule has 1 aliphatic rings. The number of allylic oxidation sites excluding steroid dienone is 5. The second-order valence-electron chi connectivity index (χ2n) is 7.72. The molecule has 0 bridgehead atoms. The number of nitrogens with one attached hydrogen (secondary N) is 3. The Morgan fingerprint density at radius 3 is 2.43 bits per heavy atom. The van der Waals surface area contributed by atoms with Gasteiger partial charge in [0.25, 0.3) is 0 Å². The van der Waals surface area contributed by atoms with Crippen LogP contribution >= 0.6 is 20.8 Å². The maximum atomic E-state index is 13.2. The zero-order chi connectivity index (χ0) is 27.6. The van der Waals surface area contributed by atoms with Crippen molar-refractivity contribution >= 4 is 38.6 Å². The number of rotatable bonds is 7. The summed E-state index contributed by atoms with van der Waals surface area (Å²) < 4.78 is 52.4. The lowest BCUT2D eigenvalue weighted by Crippen LogP contribution is -2.33. The minimum absolute atomic E-state index is 0.260. The predicted octanol–water partition coefficient (Wildman–Crippen LogP) is 7.32. The van der Waals surface area contributed by atoms with Crippen LogP contribution in [0.2, 0.25) is 5.02 Å². The van der Waals surface area contributed by atoms with Gasteiger partial charge in [-0.3, -0.25) is 4.79 Å². The van der Waals surface area contributed by atoms with Crippen LogP contribution in [0.25, 0.3) is 0 Å². The van der Waals surface area contributed by atoms with E-state index in [1.54, 1.807) is 24.3 Å². The molecule has 0 radical (unpaired) electrons. The summed E-state index contributed by atoms with van der Waals surface area (Å²) >= 11 is 6.49. The third-order valence-corrected chi connectivity index (χ3v) is 5.78. The third-order valence-electron chi connectivity index (χ3n) is 5.05. The molecule has 0 heterocycles. The average molecular weight is 556 g/mol. The molecule has 1 aliphatic carbocycles. The van der Waals surface area contributed by atoms with Crippen molar-refractivity contribution in [1.29, 1.82) is 5.41 Å². The topological polar surface area (TPSA) is 74.2 Å². The molecule has 11 heteroatoms. The predicted molar refractivity (Wildman–Crippen MR) is 143 cm³/mol. The van der Waals surface area contributed by atoms with Gasteiger partial charge in [-0.05, 0) is 54.1 Å². The van der Waals surface area contributed by atoms with E-state index in [1.165, 1.54) is 23.7 Å². The van der Waals surface area contributed by atoms with Gasteiger partial charge in [0.1, 0.15) is 17.7 Å². The van der Waals surface area contributed by atoms with E-state index in [0.29, 0.717) is 22.8 Å². The largest absolute Gasteiger partial charge is 0.484 e. The van der Waals surface area contributed by atoms with Gasteiger partial charge in [0.15, 0.2) is 0 Å². The quantitative estimate of drug-likeness (QED) is 0.190. The Morgan fingerprint density at radius 2 is 1.89 bits per heavy atom. The second kappa shape index (κ2) is 14.0. The highest BCUT2D eigenvalue weighted by Crippen LogP contribution is 2.35. The minimum Gasteiger partial charge on any atom is -0.484 e. The first-order valence-electron chi connectivity index (χ1n) is 11.1. The number of hydrogen-bond acceptors (Lipinski definition) is 4. The molecule has 2 aromatic rings. The molecule has 5 nitrogen and oxygen atoms in total. The van der Waals surface area contributed by atoms with Gasteiger partial charge in [0.2, 0.25) is 0 Å². The summed E-state index contributed by atoms with van der Waals surface area (Å²) in [6.07, 6.45) is 5.96. The molecular formula is C26H27ClF4N3O2P. The standard InChI is InChI=1S/C23H23ClFN2OP.C3H4F3NO/c1-2-22(15-6-8-17(25)9-7-15)28-23-12-16(14-26)21(13-20(23)24)27-18-4-3-5-19(29)11-10-18;1-7-2(8)3(4,5)6/h4-14,22,26-27H,2-3,29H2,1H3;1H3,(H,7,8)/t22-;/m0./s1. The second-order valence-corrected chi connectivity index (χ2v) is 8.79. The monoisotopic (exact) mass is 555 g/mol. The van der Waals surface area contributed by atoms with Crippen LogP contribution in [0, 0.1) is 11.2 Å². The van der Waals surface area contributed by atoms with Crippen LogP contribution in [-0.4, -0.2) is 25.3 Å². The van der Waals surface area contributed by atoms with Gasteiger partial charge >= 0.3 is 12.1 Å². The van der Waals surface area contributed by atoms with Crippen molar-refractivity contribution in [2.24, 2.45) is 0 Å². The molecular weight excluding hydrogens is 529 g/mol. The summed E-state index contributed by atoms with van der Waals surface area (Å²) in [6, 6.07) is 9.78. The summed E-state index contributed by atoms with van der Waals surface area (Å²) in [5.74, 6) is -1.71. The fourth-order valence-corrected chi connectivity index (χ4v) is 3.58. The lowest BCUT2D eigenvalue weighted by Gasteiger charge is -2.20. The summed E-state index contributed by atoms with van der Waals surface area (Å²) in [6.45, 7) is 1.99. The summed E-state index contributed by atoms with van der Waals surface area (Å²) in [5, 5.41) is 14.1. The number of amides is 1. The van der Waals surface area contributed by atoms with E-state index in [-0.39, 0.29) is 11.9 Å². The lowest BCUT2D eigenvalue weighted by atomic mass is 10.1. The molecule has 0 saturated heterocycles. The van der Waals surface area contributed by atoms with Crippen molar-refractivity contribution in [3.05, 3.63) is 93.7 Å². The van der Waals surface area contributed by atoms with Gasteiger partial charge < -0.3 is 20.8 Å². The number of ether oxygens (including phenoxy) is 1. The number of carbonyl (C=O) groups excluding carboxylic acids is 1. The number of alkyl halides is 3. The first kappa shape index (κ1) is 30.1. The highest BCUT2D eigenvalue weighted by Gasteiger charge is 2.37. The SMILES string of the molecule is CC[C@H](Oc1cc(C=N)c(NC2=CCC=C(P)C=C2)cc1Cl)c1ccc(F)cc1.CNC(=O)C(F)(F)F. The Kier molecular flexibility index (Phi) is 11.3. The lowest BCUT2D eigenvalue weighted by molar-refractivity contribution is -0.172. The van der Waals surface area contributed by atoms with Crippen molar-refractivity contribution in [2.75, 3.05) is 12.4 Å². The average Bonchev–Trinajstić information content (AvgIpc) is 3.07. The third kappa shape index (κ3) is 9.34. The molecule has 2 aromatic carbocycles. The van der Waals surface area contributed by atoms with Gasteiger partial charge in [0, 0.05) is 30.2 Å². The molecule has 37 heavy (non-hydrogen) atoms. The van der Waals surface area contributed by atoms with Crippen molar-refractivity contribution < 1.29 is 27.1 Å². The van der Waals surface area contributed by atoms with E-state index < -0.39 is 12.1 Å². The molecule has 0 aliphatic heterocycles. The van der Waals surface area contributed by atoms with Gasteiger partial charge in [-0.25, -0.2) is 4.39 Å². The molecule has 0 spiro atoms. The zero-order valence-electron chi connectivity index (χ0n) is 20.1. The van der Waals surface area contributed by atoms with E-state index in [0.717, 1.165) is 35.7 Å². The van der Waals surface area contributed by atoms with E-state index >= 15 is 0 Å².